The van der Waals surface area contributed by atoms with E-state index in [0.717, 1.165) is 24.1 Å². The molecule has 5 heteroatoms. The summed E-state index contributed by atoms with van der Waals surface area (Å²) < 4.78 is 6.85. The van der Waals surface area contributed by atoms with Gasteiger partial charge in [0.25, 0.3) is 0 Å². The number of halogens is 1. The van der Waals surface area contributed by atoms with Crippen molar-refractivity contribution < 1.29 is 9.84 Å². The van der Waals surface area contributed by atoms with Gasteiger partial charge in [-0.05, 0) is 18.4 Å². The summed E-state index contributed by atoms with van der Waals surface area (Å²) in [6.07, 6.45) is 4.75. The molecule has 1 N–H and O–H groups in total. The molecule has 1 aromatic heterocycles. The van der Waals surface area contributed by atoms with Gasteiger partial charge in [-0.15, -0.1) is 0 Å². The average Bonchev–Trinajstić information content (AvgIpc) is 2.82. The number of ether oxygens (including phenoxy) is 1. The van der Waals surface area contributed by atoms with E-state index in [4.69, 9.17) is 16.3 Å². The molecular formula is C11H15ClN2O2. The molecule has 1 aliphatic carbocycles. The lowest BCUT2D eigenvalue weighted by Crippen LogP contribution is -2.08. The van der Waals surface area contributed by atoms with Crippen LogP contribution in [0.5, 0.6) is 0 Å². The highest BCUT2D eigenvalue weighted by atomic mass is 35.5. The molecule has 0 saturated heterocycles. The van der Waals surface area contributed by atoms with E-state index in [1.54, 1.807) is 13.3 Å². The summed E-state index contributed by atoms with van der Waals surface area (Å²) in [5.74, 6) is 0. The highest BCUT2D eigenvalue weighted by Gasteiger charge is 2.20. The molecular weight excluding hydrogens is 228 g/mol. The van der Waals surface area contributed by atoms with Crippen LogP contribution in [-0.4, -0.2) is 34.7 Å². The summed E-state index contributed by atoms with van der Waals surface area (Å²) in [4.78, 5) is 0. The second-order valence-corrected chi connectivity index (χ2v) is 4.26. The lowest BCUT2D eigenvalue weighted by atomic mass is 10.1. The summed E-state index contributed by atoms with van der Waals surface area (Å²) in [5.41, 5.74) is 1.99. The molecule has 1 atom stereocenters. The maximum absolute atomic E-state index is 9.48. The van der Waals surface area contributed by atoms with Crippen LogP contribution in [0.2, 0.25) is 5.02 Å². The highest BCUT2D eigenvalue weighted by Crippen LogP contribution is 2.32. The molecule has 4 nitrogen and oxygen atoms in total. The third-order valence-corrected chi connectivity index (χ3v) is 2.99. The maximum Gasteiger partial charge on any atom is 0.0862 e. The average molecular weight is 243 g/mol. The maximum atomic E-state index is 9.48. The fraction of sp³-hybridized carbons (Fsp3) is 0.545. The van der Waals surface area contributed by atoms with E-state index in [1.165, 1.54) is 0 Å². The van der Waals surface area contributed by atoms with Gasteiger partial charge in [0.2, 0.25) is 0 Å². The molecule has 0 aromatic carbocycles. The number of aromatic nitrogens is 2. The molecule has 1 aliphatic rings. The van der Waals surface area contributed by atoms with Crippen molar-refractivity contribution in [3.8, 4) is 0 Å². The summed E-state index contributed by atoms with van der Waals surface area (Å²) in [6.45, 7) is 1.27. The smallest absolute Gasteiger partial charge is 0.0862 e. The van der Waals surface area contributed by atoms with Crippen LogP contribution < -0.4 is 0 Å². The lowest BCUT2D eigenvalue weighted by Gasteiger charge is -2.07. The molecule has 0 saturated carbocycles. The summed E-state index contributed by atoms with van der Waals surface area (Å²) >= 11 is 6.11. The van der Waals surface area contributed by atoms with Crippen molar-refractivity contribution in [3.05, 3.63) is 23.0 Å². The van der Waals surface area contributed by atoms with Crippen LogP contribution in [0.25, 0.3) is 5.57 Å². The quantitative estimate of drug-likeness (QED) is 0.875. The van der Waals surface area contributed by atoms with Crippen LogP contribution in [0.3, 0.4) is 0 Å². The zero-order valence-corrected chi connectivity index (χ0v) is 9.94. The number of allylic oxidation sites excluding steroid dienone is 1. The number of rotatable bonds is 4. The number of nitrogens with zero attached hydrogens (tertiary/aromatic N) is 2. The van der Waals surface area contributed by atoms with Crippen LogP contribution in [-0.2, 0) is 11.3 Å². The first-order valence-corrected chi connectivity index (χ1v) is 5.69. The van der Waals surface area contributed by atoms with Crippen molar-refractivity contribution in [3.63, 3.8) is 0 Å². The molecule has 2 rings (SSSR count). The first-order valence-electron chi connectivity index (χ1n) is 5.31. The minimum atomic E-state index is -0.350. The van der Waals surface area contributed by atoms with Crippen LogP contribution in [0.1, 0.15) is 18.5 Å². The van der Waals surface area contributed by atoms with Gasteiger partial charge in [0.1, 0.15) is 0 Å². The van der Waals surface area contributed by atoms with Crippen LogP contribution >= 0.6 is 11.6 Å². The Bertz CT molecular complexity index is 401. The molecule has 88 valence electrons. The Morgan fingerprint density at radius 1 is 1.69 bits per heavy atom. The van der Waals surface area contributed by atoms with Crippen molar-refractivity contribution in [2.75, 3.05) is 13.7 Å². The first-order chi connectivity index (χ1) is 7.72. The molecule has 0 amide bonds. The van der Waals surface area contributed by atoms with Gasteiger partial charge in [-0.25, -0.2) is 0 Å². The van der Waals surface area contributed by atoms with Crippen LogP contribution in [0.4, 0.5) is 0 Å². The Kier molecular flexibility index (Phi) is 3.63. The molecule has 0 bridgehead atoms. The predicted molar refractivity (Wildman–Crippen MR) is 62.3 cm³/mol. The zero-order chi connectivity index (χ0) is 11.5. The van der Waals surface area contributed by atoms with Gasteiger partial charge in [0, 0.05) is 7.11 Å². The first kappa shape index (κ1) is 11.6. The van der Waals surface area contributed by atoms with E-state index in [0.29, 0.717) is 18.2 Å². The Labute approximate surface area is 99.5 Å². The summed E-state index contributed by atoms with van der Waals surface area (Å²) in [7, 11) is 1.66. The minimum Gasteiger partial charge on any atom is -0.389 e. The molecule has 0 aliphatic heterocycles. The van der Waals surface area contributed by atoms with E-state index in [2.05, 4.69) is 5.10 Å². The third kappa shape index (κ3) is 2.29. The van der Waals surface area contributed by atoms with Crippen molar-refractivity contribution in [2.24, 2.45) is 0 Å². The molecule has 1 heterocycles. The van der Waals surface area contributed by atoms with Gasteiger partial charge >= 0.3 is 0 Å². The number of hydrogen-bond acceptors (Lipinski definition) is 3. The van der Waals surface area contributed by atoms with E-state index >= 15 is 0 Å². The number of aliphatic hydroxyl groups is 1. The minimum absolute atomic E-state index is 0.350. The standard InChI is InChI=1S/C11H15ClN2O2/c1-16-5-4-14-11(10(12)7-13-14)8-2-3-9(15)6-8/h6-7,9,15H,2-5H2,1H3. The number of hydrogen-bond donors (Lipinski definition) is 1. The van der Waals surface area contributed by atoms with Gasteiger partial charge < -0.3 is 9.84 Å². The van der Waals surface area contributed by atoms with E-state index < -0.39 is 0 Å². The third-order valence-electron chi connectivity index (χ3n) is 2.71. The molecule has 1 unspecified atom stereocenters. The monoisotopic (exact) mass is 242 g/mol. The SMILES string of the molecule is COCCn1ncc(Cl)c1C1=CC(O)CC1. The fourth-order valence-electron chi connectivity index (χ4n) is 1.93. The molecule has 1 aromatic rings. The van der Waals surface area contributed by atoms with E-state index in [-0.39, 0.29) is 6.10 Å². The Hall–Kier alpha value is -0.840. The molecule has 0 spiro atoms. The van der Waals surface area contributed by atoms with Crippen molar-refractivity contribution in [1.82, 2.24) is 9.78 Å². The summed E-state index contributed by atoms with van der Waals surface area (Å²) in [6, 6.07) is 0. The predicted octanol–water partition coefficient (Wildman–Crippen LogP) is 1.72. The van der Waals surface area contributed by atoms with E-state index in [1.807, 2.05) is 10.8 Å². The Morgan fingerprint density at radius 2 is 2.50 bits per heavy atom. The zero-order valence-electron chi connectivity index (χ0n) is 9.19. The normalized spacial score (nSPS) is 20.2. The van der Waals surface area contributed by atoms with Gasteiger partial charge in [-0.1, -0.05) is 17.7 Å². The topological polar surface area (TPSA) is 47.3 Å². The van der Waals surface area contributed by atoms with Crippen LogP contribution in [0, 0.1) is 0 Å². The second-order valence-electron chi connectivity index (χ2n) is 3.85. The van der Waals surface area contributed by atoms with Gasteiger partial charge in [-0.2, -0.15) is 5.10 Å². The van der Waals surface area contributed by atoms with Crippen molar-refractivity contribution in [1.29, 1.82) is 0 Å². The lowest BCUT2D eigenvalue weighted by molar-refractivity contribution is 0.183. The van der Waals surface area contributed by atoms with Crippen LogP contribution in [0.15, 0.2) is 12.3 Å². The highest BCUT2D eigenvalue weighted by molar-refractivity contribution is 6.32. The Morgan fingerprint density at radius 3 is 3.12 bits per heavy atom. The molecule has 16 heavy (non-hydrogen) atoms. The van der Waals surface area contributed by atoms with Crippen molar-refractivity contribution >= 4 is 17.2 Å². The van der Waals surface area contributed by atoms with Crippen molar-refractivity contribution in [2.45, 2.75) is 25.5 Å². The number of aliphatic hydroxyl groups excluding tert-OH is 1. The summed E-state index contributed by atoms with van der Waals surface area (Å²) in [5, 5.41) is 14.3. The molecule has 0 fully saturated rings. The van der Waals surface area contributed by atoms with E-state index in [9.17, 15) is 5.11 Å². The van der Waals surface area contributed by atoms with Gasteiger partial charge in [-0.3, -0.25) is 4.68 Å². The van der Waals surface area contributed by atoms with Gasteiger partial charge in [0.05, 0.1) is 36.2 Å². The second kappa shape index (κ2) is 4.99. The largest absolute Gasteiger partial charge is 0.389 e. The fourth-order valence-corrected chi connectivity index (χ4v) is 2.19. The Balaban J connectivity index is 2.25. The van der Waals surface area contributed by atoms with Gasteiger partial charge in [0.15, 0.2) is 0 Å². The number of methoxy groups -OCH3 is 1. The molecule has 0 radical (unpaired) electrons.